The number of Topliss-reactive ketones (excluding diaryl/α,β-unsaturated/α-hetero) is 1. The first-order valence-corrected chi connectivity index (χ1v) is 6.51. The van der Waals surface area contributed by atoms with Gasteiger partial charge in [-0.25, -0.2) is 0 Å². The predicted molar refractivity (Wildman–Crippen MR) is 79.6 cm³/mol. The molecule has 20 heavy (non-hydrogen) atoms. The summed E-state index contributed by atoms with van der Waals surface area (Å²) in [6.07, 6.45) is 0. The SMILES string of the molecule is CC(=O)c1c(C)[nH]c2ccc(Oc3ccccc3)cc12. The van der Waals surface area contributed by atoms with E-state index >= 15 is 0 Å². The molecular weight excluding hydrogens is 250 g/mol. The van der Waals surface area contributed by atoms with E-state index in [9.17, 15) is 4.79 Å². The fourth-order valence-electron chi connectivity index (χ4n) is 2.45. The van der Waals surface area contributed by atoms with E-state index in [0.29, 0.717) is 0 Å². The Kier molecular flexibility index (Phi) is 3.03. The van der Waals surface area contributed by atoms with Crippen LogP contribution < -0.4 is 4.74 Å². The van der Waals surface area contributed by atoms with Crippen LogP contribution in [0.15, 0.2) is 48.5 Å². The third-order valence-electron chi connectivity index (χ3n) is 3.29. The Hall–Kier alpha value is -2.55. The van der Waals surface area contributed by atoms with E-state index in [-0.39, 0.29) is 5.78 Å². The number of nitrogens with one attached hydrogen (secondary N) is 1. The van der Waals surface area contributed by atoms with Gasteiger partial charge in [0.25, 0.3) is 0 Å². The average molecular weight is 265 g/mol. The van der Waals surface area contributed by atoms with Gasteiger partial charge in [-0.05, 0) is 44.2 Å². The number of ether oxygens (including phenoxy) is 1. The van der Waals surface area contributed by atoms with Crippen LogP contribution in [0.2, 0.25) is 0 Å². The second kappa shape index (κ2) is 4.85. The summed E-state index contributed by atoms with van der Waals surface area (Å²) < 4.78 is 5.81. The zero-order valence-electron chi connectivity index (χ0n) is 11.4. The molecular formula is C17H15NO2. The standard InChI is InChI=1S/C17H15NO2/c1-11-17(12(2)19)15-10-14(8-9-16(15)18-11)20-13-6-4-3-5-7-13/h3-10,18H,1-2H3. The number of carbonyl (C=O) groups is 1. The first kappa shape index (κ1) is 12.5. The number of carbonyl (C=O) groups excluding carboxylic acids is 1. The minimum absolute atomic E-state index is 0.0608. The maximum atomic E-state index is 11.8. The summed E-state index contributed by atoms with van der Waals surface area (Å²) in [6, 6.07) is 15.3. The molecule has 0 aliphatic heterocycles. The largest absolute Gasteiger partial charge is 0.457 e. The van der Waals surface area contributed by atoms with Crippen LogP contribution in [0.25, 0.3) is 10.9 Å². The van der Waals surface area contributed by atoms with Crippen molar-refractivity contribution in [1.82, 2.24) is 4.98 Å². The summed E-state index contributed by atoms with van der Waals surface area (Å²) >= 11 is 0. The van der Waals surface area contributed by atoms with Crippen LogP contribution >= 0.6 is 0 Å². The fourth-order valence-corrected chi connectivity index (χ4v) is 2.45. The summed E-state index contributed by atoms with van der Waals surface area (Å²) in [5, 5.41) is 0.906. The van der Waals surface area contributed by atoms with Gasteiger partial charge in [-0.2, -0.15) is 0 Å². The number of aromatic nitrogens is 1. The van der Waals surface area contributed by atoms with Crippen LogP contribution in [0.4, 0.5) is 0 Å². The highest BCUT2D eigenvalue weighted by molar-refractivity contribution is 6.08. The number of para-hydroxylation sites is 1. The molecule has 1 heterocycles. The number of fused-ring (bicyclic) bond motifs is 1. The fraction of sp³-hybridized carbons (Fsp3) is 0.118. The Morgan fingerprint density at radius 1 is 1.05 bits per heavy atom. The molecule has 100 valence electrons. The van der Waals surface area contributed by atoms with Crippen LogP contribution in [-0.4, -0.2) is 10.8 Å². The zero-order valence-corrected chi connectivity index (χ0v) is 11.4. The summed E-state index contributed by atoms with van der Waals surface area (Å²) in [5.41, 5.74) is 2.58. The smallest absolute Gasteiger partial charge is 0.162 e. The van der Waals surface area contributed by atoms with Gasteiger partial charge in [-0.15, -0.1) is 0 Å². The summed E-state index contributed by atoms with van der Waals surface area (Å²) in [4.78, 5) is 15.0. The molecule has 0 radical (unpaired) electrons. The molecule has 1 aromatic heterocycles. The summed E-state index contributed by atoms with van der Waals surface area (Å²) in [6.45, 7) is 3.49. The van der Waals surface area contributed by atoms with E-state index < -0.39 is 0 Å². The summed E-state index contributed by atoms with van der Waals surface area (Å²) in [5.74, 6) is 1.57. The molecule has 0 aliphatic rings. The van der Waals surface area contributed by atoms with Gasteiger partial charge in [0.1, 0.15) is 11.5 Å². The van der Waals surface area contributed by atoms with Crippen LogP contribution in [0.5, 0.6) is 11.5 Å². The first-order valence-electron chi connectivity index (χ1n) is 6.51. The van der Waals surface area contributed by atoms with Gasteiger partial charge in [0.05, 0.1) is 0 Å². The Morgan fingerprint density at radius 2 is 1.80 bits per heavy atom. The monoisotopic (exact) mass is 265 g/mol. The van der Waals surface area contributed by atoms with E-state index in [1.807, 2.05) is 55.5 Å². The number of aryl methyl sites for hydroxylation is 1. The molecule has 0 fully saturated rings. The van der Waals surface area contributed by atoms with Crippen molar-refractivity contribution in [1.29, 1.82) is 0 Å². The van der Waals surface area contributed by atoms with Crippen molar-refractivity contribution in [3.8, 4) is 11.5 Å². The highest BCUT2D eigenvalue weighted by atomic mass is 16.5. The van der Waals surface area contributed by atoms with Crippen molar-refractivity contribution < 1.29 is 9.53 Å². The predicted octanol–water partition coefficient (Wildman–Crippen LogP) is 4.47. The van der Waals surface area contributed by atoms with E-state index in [2.05, 4.69) is 4.98 Å². The minimum atomic E-state index is 0.0608. The van der Waals surface area contributed by atoms with Crippen molar-refractivity contribution in [2.75, 3.05) is 0 Å². The van der Waals surface area contributed by atoms with Crippen molar-refractivity contribution in [3.05, 3.63) is 59.8 Å². The van der Waals surface area contributed by atoms with E-state index in [4.69, 9.17) is 4.74 Å². The molecule has 0 saturated heterocycles. The van der Waals surface area contributed by atoms with Gasteiger partial charge in [0.2, 0.25) is 0 Å². The molecule has 0 bridgehead atoms. The van der Waals surface area contributed by atoms with Gasteiger partial charge < -0.3 is 9.72 Å². The minimum Gasteiger partial charge on any atom is -0.457 e. The molecule has 0 saturated carbocycles. The topological polar surface area (TPSA) is 42.1 Å². The van der Waals surface area contributed by atoms with Crippen LogP contribution in [-0.2, 0) is 0 Å². The number of benzene rings is 2. The molecule has 1 N–H and O–H groups in total. The maximum Gasteiger partial charge on any atom is 0.162 e. The van der Waals surface area contributed by atoms with Gasteiger partial charge in [0.15, 0.2) is 5.78 Å². The van der Waals surface area contributed by atoms with Crippen LogP contribution in [0.1, 0.15) is 23.0 Å². The highest BCUT2D eigenvalue weighted by Gasteiger charge is 2.13. The molecule has 0 atom stereocenters. The molecule has 0 aliphatic carbocycles. The second-order valence-corrected chi connectivity index (χ2v) is 4.80. The molecule has 3 heteroatoms. The highest BCUT2D eigenvalue weighted by Crippen LogP contribution is 2.29. The van der Waals surface area contributed by atoms with Gasteiger partial charge in [-0.1, -0.05) is 18.2 Å². The maximum absolute atomic E-state index is 11.8. The Labute approximate surface area is 117 Å². The molecule has 0 unspecified atom stereocenters. The number of H-pyrrole nitrogens is 1. The molecule has 0 amide bonds. The first-order chi connectivity index (χ1) is 9.65. The molecule has 3 aromatic rings. The van der Waals surface area contributed by atoms with Crippen molar-refractivity contribution in [2.45, 2.75) is 13.8 Å². The van der Waals surface area contributed by atoms with Gasteiger partial charge >= 0.3 is 0 Å². The Bertz CT molecular complexity index is 772. The lowest BCUT2D eigenvalue weighted by Crippen LogP contribution is -1.93. The van der Waals surface area contributed by atoms with Crippen molar-refractivity contribution in [3.63, 3.8) is 0 Å². The Balaban J connectivity index is 2.06. The van der Waals surface area contributed by atoms with Gasteiger partial charge in [0, 0.05) is 22.2 Å². The third-order valence-corrected chi connectivity index (χ3v) is 3.29. The average Bonchev–Trinajstić information content (AvgIpc) is 2.75. The van der Waals surface area contributed by atoms with Gasteiger partial charge in [-0.3, -0.25) is 4.79 Å². The number of hydrogen-bond donors (Lipinski definition) is 1. The number of hydrogen-bond acceptors (Lipinski definition) is 2. The van der Waals surface area contributed by atoms with Crippen molar-refractivity contribution in [2.24, 2.45) is 0 Å². The normalized spacial score (nSPS) is 10.7. The molecule has 0 spiro atoms. The van der Waals surface area contributed by atoms with Crippen LogP contribution in [0.3, 0.4) is 0 Å². The number of rotatable bonds is 3. The van der Waals surface area contributed by atoms with E-state index in [1.165, 1.54) is 0 Å². The second-order valence-electron chi connectivity index (χ2n) is 4.80. The Morgan fingerprint density at radius 3 is 2.50 bits per heavy atom. The number of ketones is 1. The van der Waals surface area contributed by atoms with E-state index in [1.54, 1.807) is 6.92 Å². The number of aromatic amines is 1. The quantitative estimate of drug-likeness (QED) is 0.710. The lowest BCUT2D eigenvalue weighted by Gasteiger charge is -2.05. The van der Waals surface area contributed by atoms with E-state index in [0.717, 1.165) is 33.7 Å². The molecule has 2 aromatic carbocycles. The lowest BCUT2D eigenvalue weighted by atomic mass is 10.1. The summed E-state index contributed by atoms with van der Waals surface area (Å²) in [7, 11) is 0. The molecule has 3 rings (SSSR count). The van der Waals surface area contributed by atoms with Crippen molar-refractivity contribution >= 4 is 16.7 Å². The third kappa shape index (κ3) is 2.18. The zero-order chi connectivity index (χ0) is 14.1. The van der Waals surface area contributed by atoms with Crippen LogP contribution in [0, 0.1) is 6.92 Å². The lowest BCUT2D eigenvalue weighted by molar-refractivity contribution is 0.101. The molecule has 3 nitrogen and oxygen atoms in total.